The highest BCUT2D eigenvalue weighted by Gasteiger charge is 2.14. The SMILES string of the molecule is C.C.CS(=O)(=O)c1cccc(Cn2cc(Cl)cc(C(N)=O)c2=N)c1.N=c1c(C(N)=O)cc(Cl)cn1Cc1cccc(N2CCOCC2)c1. The maximum Gasteiger partial charge on any atom is 0.252 e. The molecule has 6 N–H and O–H groups in total. The number of nitrogens with zero attached hydrogens (tertiary/aromatic N) is 3. The predicted molar refractivity (Wildman–Crippen MR) is 188 cm³/mol. The van der Waals surface area contributed by atoms with Crippen LogP contribution in [0.5, 0.6) is 0 Å². The number of hydrogen-bond donors (Lipinski definition) is 4. The number of aromatic nitrogens is 2. The van der Waals surface area contributed by atoms with Crippen molar-refractivity contribution in [3.8, 4) is 0 Å². The number of carbonyl (C=O) groups is 2. The van der Waals surface area contributed by atoms with E-state index in [1.165, 1.54) is 35.0 Å². The van der Waals surface area contributed by atoms with Crippen LogP contribution in [0.25, 0.3) is 0 Å². The van der Waals surface area contributed by atoms with Gasteiger partial charge in [0, 0.05) is 50.5 Å². The minimum Gasteiger partial charge on any atom is -0.378 e. The number of carbonyl (C=O) groups excluding carboxylic acids is 2. The fraction of sp³-hybridized carbons (Fsp3) is 0.273. The van der Waals surface area contributed by atoms with Crippen LogP contribution in [0.2, 0.25) is 10.0 Å². The molecule has 1 aliphatic rings. The molecule has 15 heteroatoms. The third-order valence-corrected chi connectivity index (χ3v) is 8.58. The Hall–Kier alpha value is -4.43. The molecule has 1 fully saturated rings. The first kappa shape index (κ1) is 39.7. The Bertz CT molecular complexity index is 2010. The summed E-state index contributed by atoms with van der Waals surface area (Å²) in [5.41, 5.74) is 13.4. The summed E-state index contributed by atoms with van der Waals surface area (Å²) >= 11 is 12.0. The first-order chi connectivity index (χ1) is 21.7. The lowest BCUT2D eigenvalue weighted by Crippen LogP contribution is -2.36. The molecule has 48 heavy (non-hydrogen) atoms. The summed E-state index contributed by atoms with van der Waals surface area (Å²) in [5.74, 6) is -1.40. The Labute approximate surface area is 290 Å². The standard InChI is InChI=1S/C17H19ClN4O2.C14H14ClN3O3S.2CH4/c18-13-9-15(17(20)23)16(19)22(11-13)10-12-2-1-3-14(8-12)21-4-6-24-7-5-21;1-22(20,21)11-4-2-3-9(5-11)7-18-8-10(15)6-12(13(18)16)14(17)19;;/h1-3,8-9,11,19H,4-7,10H2,(H2,20,23);2-6,8,16H,7H2,1H3,(H2,17,19);2*1H4. The Kier molecular flexibility index (Phi) is 14.2. The number of amides is 2. The number of hydrogen-bond acceptors (Lipinski definition) is 8. The van der Waals surface area contributed by atoms with E-state index >= 15 is 0 Å². The lowest BCUT2D eigenvalue weighted by Gasteiger charge is -2.29. The number of pyridine rings is 2. The van der Waals surface area contributed by atoms with E-state index in [2.05, 4.69) is 17.0 Å². The van der Waals surface area contributed by atoms with Crippen molar-refractivity contribution in [3.05, 3.63) is 116 Å². The summed E-state index contributed by atoms with van der Waals surface area (Å²) in [6.07, 6.45) is 4.25. The minimum atomic E-state index is -3.31. The zero-order valence-corrected chi connectivity index (χ0v) is 27.2. The van der Waals surface area contributed by atoms with Crippen LogP contribution in [0, 0.1) is 10.8 Å². The van der Waals surface area contributed by atoms with E-state index in [1.807, 2.05) is 12.1 Å². The van der Waals surface area contributed by atoms with E-state index in [1.54, 1.807) is 22.9 Å². The number of nitrogens with one attached hydrogen (secondary N) is 2. The van der Waals surface area contributed by atoms with Gasteiger partial charge in [-0.3, -0.25) is 20.4 Å². The highest BCUT2D eigenvalue weighted by Crippen LogP contribution is 2.19. The van der Waals surface area contributed by atoms with Gasteiger partial charge in [0.2, 0.25) is 0 Å². The second-order valence-electron chi connectivity index (χ2n) is 10.5. The van der Waals surface area contributed by atoms with Crippen LogP contribution in [0.15, 0.2) is 78.0 Å². The van der Waals surface area contributed by atoms with Crippen molar-refractivity contribution in [1.82, 2.24) is 9.13 Å². The van der Waals surface area contributed by atoms with Crippen molar-refractivity contribution >= 4 is 50.5 Å². The smallest absolute Gasteiger partial charge is 0.252 e. The van der Waals surface area contributed by atoms with Crippen LogP contribution >= 0.6 is 23.2 Å². The summed E-state index contributed by atoms with van der Waals surface area (Å²) in [6, 6.07) is 17.2. The molecule has 2 aromatic carbocycles. The quantitative estimate of drug-likeness (QED) is 0.213. The number of sulfone groups is 1. The lowest BCUT2D eigenvalue weighted by atomic mass is 10.1. The number of ether oxygens (including phenoxy) is 1. The molecule has 1 saturated heterocycles. The second-order valence-corrected chi connectivity index (χ2v) is 13.4. The number of nitrogens with two attached hydrogens (primary N) is 2. The number of primary amides is 2. The minimum absolute atomic E-state index is 0. The average Bonchev–Trinajstić information content (AvgIpc) is 3.01. The molecule has 0 radical (unpaired) electrons. The van der Waals surface area contributed by atoms with Gasteiger partial charge in [0.15, 0.2) is 9.84 Å². The van der Waals surface area contributed by atoms with Gasteiger partial charge in [-0.1, -0.05) is 62.3 Å². The third kappa shape index (κ3) is 10.3. The van der Waals surface area contributed by atoms with Crippen LogP contribution in [-0.2, 0) is 27.7 Å². The van der Waals surface area contributed by atoms with E-state index in [-0.39, 0.29) is 53.4 Å². The number of halogens is 2. The van der Waals surface area contributed by atoms with Crippen molar-refractivity contribution < 1.29 is 22.7 Å². The number of anilines is 1. The van der Waals surface area contributed by atoms with Crippen LogP contribution in [0.3, 0.4) is 0 Å². The molecule has 0 aliphatic carbocycles. The zero-order valence-electron chi connectivity index (χ0n) is 24.9. The normalized spacial score (nSPS) is 12.5. The number of benzene rings is 2. The largest absolute Gasteiger partial charge is 0.378 e. The van der Waals surface area contributed by atoms with E-state index < -0.39 is 21.7 Å². The zero-order chi connectivity index (χ0) is 33.6. The maximum absolute atomic E-state index is 11.6. The molecular weight excluding hydrogens is 677 g/mol. The van der Waals surface area contributed by atoms with Gasteiger partial charge in [-0.15, -0.1) is 0 Å². The summed E-state index contributed by atoms with van der Waals surface area (Å²) < 4.78 is 31.6. The van der Waals surface area contributed by atoms with Crippen LogP contribution in [0.1, 0.15) is 46.7 Å². The van der Waals surface area contributed by atoms with Crippen molar-refractivity contribution in [2.45, 2.75) is 32.8 Å². The topological polar surface area (TPSA) is 190 Å². The highest BCUT2D eigenvalue weighted by molar-refractivity contribution is 7.90. The average molecular weight is 719 g/mol. The Morgan fingerprint density at radius 2 is 1.25 bits per heavy atom. The maximum atomic E-state index is 11.6. The molecule has 5 rings (SSSR count). The molecule has 2 amide bonds. The van der Waals surface area contributed by atoms with E-state index in [9.17, 15) is 18.0 Å². The number of morpholine rings is 1. The molecule has 0 bridgehead atoms. The Morgan fingerprint density at radius 1 is 0.792 bits per heavy atom. The Morgan fingerprint density at radius 3 is 1.71 bits per heavy atom. The summed E-state index contributed by atoms with van der Waals surface area (Å²) in [6.45, 7) is 3.83. The summed E-state index contributed by atoms with van der Waals surface area (Å²) in [7, 11) is -3.31. The van der Waals surface area contributed by atoms with Gasteiger partial charge < -0.3 is 30.2 Å². The van der Waals surface area contributed by atoms with Crippen molar-refractivity contribution in [3.63, 3.8) is 0 Å². The van der Waals surface area contributed by atoms with Crippen LogP contribution in [0.4, 0.5) is 5.69 Å². The van der Waals surface area contributed by atoms with Gasteiger partial charge >= 0.3 is 0 Å². The first-order valence-electron chi connectivity index (χ1n) is 13.9. The Balaban J connectivity index is 0.000000321. The van der Waals surface area contributed by atoms with Gasteiger partial charge in [0.05, 0.1) is 39.3 Å². The van der Waals surface area contributed by atoms with Crippen molar-refractivity contribution in [2.75, 3.05) is 37.5 Å². The van der Waals surface area contributed by atoms with E-state index in [0.29, 0.717) is 17.1 Å². The fourth-order valence-corrected chi connectivity index (χ4v) is 5.93. The molecule has 0 saturated carbocycles. The van der Waals surface area contributed by atoms with Gasteiger partial charge in [0.25, 0.3) is 11.8 Å². The molecular formula is C33H41Cl2N7O5S. The van der Waals surface area contributed by atoms with Crippen LogP contribution < -0.4 is 27.3 Å². The molecule has 3 heterocycles. The van der Waals surface area contributed by atoms with E-state index in [4.69, 9.17) is 50.2 Å². The van der Waals surface area contributed by atoms with Gasteiger partial charge in [-0.25, -0.2) is 8.42 Å². The molecule has 0 spiro atoms. The number of rotatable bonds is 8. The van der Waals surface area contributed by atoms with Gasteiger partial charge in [-0.05, 0) is 47.5 Å². The van der Waals surface area contributed by atoms with Crippen molar-refractivity contribution in [1.29, 1.82) is 10.8 Å². The molecule has 2 aromatic heterocycles. The van der Waals surface area contributed by atoms with Gasteiger partial charge in [-0.2, -0.15) is 0 Å². The summed E-state index contributed by atoms with van der Waals surface area (Å²) in [4.78, 5) is 25.2. The highest BCUT2D eigenvalue weighted by atomic mass is 35.5. The molecule has 1 aliphatic heterocycles. The second kappa shape index (κ2) is 17.1. The molecule has 4 aromatic rings. The van der Waals surface area contributed by atoms with Gasteiger partial charge in [0.1, 0.15) is 11.0 Å². The molecule has 12 nitrogen and oxygen atoms in total. The molecule has 0 atom stereocenters. The van der Waals surface area contributed by atoms with Crippen LogP contribution in [-0.4, -0.2) is 61.9 Å². The molecule has 0 unspecified atom stereocenters. The predicted octanol–water partition coefficient (Wildman–Crippen LogP) is 4.05. The third-order valence-electron chi connectivity index (χ3n) is 7.06. The monoisotopic (exact) mass is 717 g/mol. The summed E-state index contributed by atoms with van der Waals surface area (Å²) in [5, 5.41) is 16.8. The lowest BCUT2D eigenvalue weighted by molar-refractivity contribution is 0.0989. The van der Waals surface area contributed by atoms with Crippen molar-refractivity contribution in [2.24, 2.45) is 11.5 Å². The molecule has 258 valence electrons. The first-order valence-corrected chi connectivity index (χ1v) is 16.6. The fourth-order valence-electron chi connectivity index (χ4n) is 4.79. The van der Waals surface area contributed by atoms with E-state index in [0.717, 1.165) is 43.8 Å².